The van der Waals surface area contributed by atoms with Crippen LogP contribution in [0.4, 0.5) is 0 Å². The molecule has 2 aromatic heterocycles. The second-order valence-corrected chi connectivity index (χ2v) is 7.88. The lowest BCUT2D eigenvalue weighted by molar-refractivity contribution is -0.132. The number of nitrogens with zero attached hydrogens (tertiary/aromatic N) is 6. The van der Waals surface area contributed by atoms with E-state index in [0.29, 0.717) is 37.6 Å². The summed E-state index contributed by atoms with van der Waals surface area (Å²) in [4.78, 5) is 34.9. The van der Waals surface area contributed by atoms with Gasteiger partial charge in [-0.2, -0.15) is 9.90 Å². The van der Waals surface area contributed by atoms with Gasteiger partial charge in [-0.1, -0.05) is 23.8 Å². The van der Waals surface area contributed by atoms with E-state index in [0.717, 1.165) is 22.5 Å². The van der Waals surface area contributed by atoms with E-state index in [9.17, 15) is 9.59 Å². The van der Waals surface area contributed by atoms with Crippen LogP contribution in [0.5, 0.6) is 0 Å². The molecule has 8 heteroatoms. The summed E-state index contributed by atoms with van der Waals surface area (Å²) < 4.78 is 0. The predicted molar refractivity (Wildman–Crippen MR) is 116 cm³/mol. The third-order valence-electron chi connectivity index (χ3n) is 5.53. The number of benzene rings is 1. The van der Waals surface area contributed by atoms with Crippen molar-refractivity contribution in [2.24, 2.45) is 0 Å². The van der Waals surface area contributed by atoms with Crippen LogP contribution in [0.3, 0.4) is 0 Å². The fourth-order valence-corrected chi connectivity index (χ4v) is 3.79. The van der Waals surface area contributed by atoms with E-state index in [-0.39, 0.29) is 18.2 Å². The van der Waals surface area contributed by atoms with Crippen molar-refractivity contribution in [1.29, 1.82) is 0 Å². The Morgan fingerprint density at radius 3 is 2.35 bits per heavy atom. The maximum Gasteiger partial charge on any atom is 0.276 e. The topological polar surface area (TPSA) is 84.2 Å². The zero-order chi connectivity index (χ0) is 22.0. The van der Waals surface area contributed by atoms with Gasteiger partial charge in [-0.05, 0) is 44.5 Å². The molecule has 0 N–H and O–H groups in total. The molecule has 3 aromatic rings. The lowest BCUT2D eigenvalue weighted by Crippen LogP contribution is -2.51. The van der Waals surface area contributed by atoms with Crippen molar-refractivity contribution >= 4 is 11.8 Å². The van der Waals surface area contributed by atoms with Crippen molar-refractivity contribution < 1.29 is 9.59 Å². The van der Waals surface area contributed by atoms with Crippen molar-refractivity contribution in [3.63, 3.8) is 0 Å². The zero-order valence-corrected chi connectivity index (χ0v) is 18.1. The van der Waals surface area contributed by atoms with Crippen LogP contribution in [0.2, 0.25) is 0 Å². The fraction of sp³-hybridized carbons (Fsp3) is 0.348. The van der Waals surface area contributed by atoms with Gasteiger partial charge >= 0.3 is 0 Å². The molecule has 0 saturated carbocycles. The van der Waals surface area contributed by atoms with E-state index in [1.165, 1.54) is 4.80 Å². The summed E-state index contributed by atoms with van der Waals surface area (Å²) in [5.74, 6) is -0.117. The number of carbonyl (C=O) groups excluding carboxylic acids is 2. The second kappa shape index (κ2) is 8.67. The van der Waals surface area contributed by atoms with Gasteiger partial charge in [-0.15, -0.1) is 5.10 Å². The van der Waals surface area contributed by atoms with Gasteiger partial charge < -0.3 is 9.80 Å². The Hall–Kier alpha value is -3.55. The van der Waals surface area contributed by atoms with Crippen LogP contribution in [-0.2, 0) is 11.2 Å². The summed E-state index contributed by atoms with van der Waals surface area (Å²) in [6, 6.07) is 11.6. The number of pyridine rings is 1. The summed E-state index contributed by atoms with van der Waals surface area (Å²) in [5.41, 5.74) is 4.78. The second-order valence-electron chi connectivity index (χ2n) is 7.88. The fourth-order valence-electron chi connectivity index (χ4n) is 3.79. The van der Waals surface area contributed by atoms with Crippen molar-refractivity contribution in [3.05, 3.63) is 70.8 Å². The summed E-state index contributed by atoms with van der Waals surface area (Å²) in [6.07, 6.45) is 1.96. The Bertz CT molecular complexity index is 1100. The van der Waals surface area contributed by atoms with Crippen LogP contribution in [-0.4, -0.2) is 67.8 Å². The first kappa shape index (κ1) is 20.7. The van der Waals surface area contributed by atoms with E-state index < -0.39 is 0 Å². The van der Waals surface area contributed by atoms with Crippen LogP contribution in [0.25, 0.3) is 5.69 Å². The molecule has 3 heterocycles. The normalized spacial score (nSPS) is 14.0. The van der Waals surface area contributed by atoms with Crippen molar-refractivity contribution in [3.8, 4) is 5.69 Å². The Morgan fingerprint density at radius 2 is 1.68 bits per heavy atom. The van der Waals surface area contributed by atoms with Crippen molar-refractivity contribution in [2.75, 3.05) is 26.2 Å². The molecule has 0 unspecified atom stereocenters. The van der Waals surface area contributed by atoms with Gasteiger partial charge in [0.2, 0.25) is 5.91 Å². The van der Waals surface area contributed by atoms with E-state index in [4.69, 9.17) is 0 Å². The van der Waals surface area contributed by atoms with Gasteiger partial charge in [-0.3, -0.25) is 14.6 Å². The quantitative estimate of drug-likeness (QED) is 0.648. The number of hydrogen-bond acceptors (Lipinski definition) is 5. The van der Waals surface area contributed by atoms with Crippen LogP contribution in [0.15, 0.2) is 42.6 Å². The summed E-state index contributed by atoms with van der Waals surface area (Å²) >= 11 is 0. The molecule has 1 fully saturated rings. The highest BCUT2D eigenvalue weighted by Crippen LogP contribution is 2.17. The molecule has 1 aliphatic rings. The Labute approximate surface area is 181 Å². The first-order valence-electron chi connectivity index (χ1n) is 10.4. The number of amides is 2. The number of aromatic nitrogens is 4. The lowest BCUT2D eigenvalue weighted by atomic mass is 10.1. The molecule has 2 amide bonds. The highest BCUT2D eigenvalue weighted by Gasteiger charge is 2.28. The lowest BCUT2D eigenvalue weighted by Gasteiger charge is -2.34. The zero-order valence-electron chi connectivity index (χ0n) is 18.1. The Balaban J connectivity index is 1.41. The molecule has 0 radical (unpaired) electrons. The molecule has 0 spiro atoms. The smallest absolute Gasteiger partial charge is 0.276 e. The van der Waals surface area contributed by atoms with Crippen molar-refractivity contribution in [1.82, 2.24) is 29.8 Å². The monoisotopic (exact) mass is 418 g/mol. The standard InChI is InChI=1S/C23H26N6O2/c1-16-7-8-20(17(2)14-16)29-25-18(3)22(26-29)23(31)28-12-10-27(11-13-28)21(30)15-19-6-4-5-9-24-19/h4-9,14H,10-13,15H2,1-3H3. The van der Waals surface area contributed by atoms with Crippen LogP contribution in [0.1, 0.15) is 33.0 Å². The minimum absolute atomic E-state index is 0.0303. The van der Waals surface area contributed by atoms with E-state index >= 15 is 0 Å². The SMILES string of the molecule is Cc1ccc(-n2nc(C)c(C(=O)N3CCN(C(=O)Cc4ccccn4)CC3)n2)c(C)c1. The molecule has 4 rings (SSSR count). The van der Waals surface area contributed by atoms with E-state index in [1.807, 2.05) is 44.2 Å². The molecular formula is C23H26N6O2. The molecule has 0 atom stereocenters. The van der Waals surface area contributed by atoms with Crippen molar-refractivity contribution in [2.45, 2.75) is 27.2 Å². The molecule has 1 saturated heterocycles. The van der Waals surface area contributed by atoms with Gasteiger partial charge in [0.15, 0.2) is 5.69 Å². The molecule has 0 aliphatic carbocycles. The van der Waals surface area contributed by atoms with Crippen LogP contribution in [0, 0.1) is 20.8 Å². The van der Waals surface area contributed by atoms with Crippen LogP contribution < -0.4 is 0 Å². The van der Waals surface area contributed by atoms with Gasteiger partial charge in [0.1, 0.15) is 0 Å². The maximum atomic E-state index is 13.1. The number of hydrogen-bond donors (Lipinski definition) is 0. The number of piperazine rings is 1. The van der Waals surface area contributed by atoms with E-state index in [1.54, 1.807) is 22.9 Å². The third-order valence-corrected chi connectivity index (χ3v) is 5.53. The summed E-state index contributed by atoms with van der Waals surface area (Å²) in [7, 11) is 0. The number of rotatable bonds is 4. The molecule has 1 aliphatic heterocycles. The van der Waals surface area contributed by atoms with Gasteiger partial charge in [0, 0.05) is 38.1 Å². The molecule has 160 valence electrons. The van der Waals surface area contributed by atoms with Gasteiger partial charge in [0.25, 0.3) is 5.91 Å². The van der Waals surface area contributed by atoms with E-state index in [2.05, 4.69) is 21.2 Å². The van der Waals surface area contributed by atoms with Gasteiger partial charge in [-0.25, -0.2) is 0 Å². The van der Waals surface area contributed by atoms with Crippen LogP contribution >= 0.6 is 0 Å². The third kappa shape index (κ3) is 4.47. The summed E-state index contributed by atoms with van der Waals surface area (Å²) in [5, 5.41) is 8.95. The predicted octanol–water partition coefficient (Wildman–Crippen LogP) is 2.11. The Kier molecular flexibility index (Phi) is 5.79. The average molecular weight is 419 g/mol. The number of aryl methyl sites for hydroxylation is 3. The molecule has 1 aromatic carbocycles. The molecule has 8 nitrogen and oxygen atoms in total. The minimum atomic E-state index is -0.148. The highest BCUT2D eigenvalue weighted by atomic mass is 16.2. The summed E-state index contributed by atoms with van der Waals surface area (Å²) in [6.45, 7) is 7.79. The molecule has 0 bridgehead atoms. The maximum absolute atomic E-state index is 13.1. The highest BCUT2D eigenvalue weighted by molar-refractivity contribution is 5.93. The molecular weight excluding hydrogens is 392 g/mol. The number of carbonyl (C=O) groups is 2. The largest absolute Gasteiger partial charge is 0.339 e. The first-order chi connectivity index (χ1) is 14.9. The first-order valence-corrected chi connectivity index (χ1v) is 10.4. The van der Waals surface area contributed by atoms with Gasteiger partial charge in [0.05, 0.1) is 17.8 Å². The molecule has 31 heavy (non-hydrogen) atoms. The Morgan fingerprint density at radius 1 is 0.935 bits per heavy atom. The minimum Gasteiger partial charge on any atom is -0.339 e. The average Bonchev–Trinajstić information content (AvgIpc) is 3.15.